The van der Waals surface area contributed by atoms with Gasteiger partial charge in [0.25, 0.3) is 5.91 Å². The molecule has 0 radical (unpaired) electrons. The first kappa shape index (κ1) is 16.2. The Labute approximate surface area is 119 Å². The van der Waals surface area contributed by atoms with E-state index < -0.39 is 5.97 Å². The van der Waals surface area contributed by atoms with Crippen molar-refractivity contribution in [1.29, 1.82) is 0 Å². The van der Waals surface area contributed by atoms with Crippen molar-refractivity contribution >= 4 is 11.9 Å². The van der Waals surface area contributed by atoms with Gasteiger partial charge in [0, 0.05) is 12.2 Å². The van der Waals surface area contributed by atoms with Crippen molar-refractivity contribution in [3.63, 3.8) is 0 Å². The van der Waals surface area contributed by atoms with Gasteiger partial charge in [0.05, 0.1) is 13.0 Å². The first-order chi connectivity index (χ1) is 9.52. The second-order valence-corrected chi connectivity index (χ2v) is 4.98. The lowest BCUT2D eigenvalue weighted by atomic mass is 10.1. The zero-order valence-corrected chi connectivity index (χ0v) is 12.1. The Morgan fingerprint density at radius 1 is 1.45 bits per heavy atom. The number of unbranched alkanes of at least 4 members (excludes halogenated alkanes) is 2. The predicted molar refractivity (Wildman–Crippen MR) is 75.6 cm³/mol. The van der Waals surface area contributed by atoms with E-state index in [9.17, 15) is 9.59 Å². The second kappa shape index (κ2) is 8.35. The van der Waals surface area contributed by atoms with Crippen molar-refractivity contribution in [2.75, 3.05) is 0 Å². The van der Waals surface area contributed by atoms with Crippen molar-refractivity contribution < 1.29 is 14.7 Å². The maximum Gasteiger partial charge on any atom is 0.305 e. The van der Waals surface area contributed by atoms with Crippen LogP contribution in [0, 0.1) is 0 Å². The quantitative estimate of drug-likeness (QED) is 0.678. The number of carbonyl (C=O) groups is 2. The first-order valence-electron chi connectivity index (χ1n) is 7.09. The predicted octanol–water partition coefficient (Wildman–Crippen LogP) is 2.06. The van der Waals surface area contributed by atoms with E-state index in [1.165, 1.54) is 11.1 Å². The summed E-state index contributed by atoms with van der Waals surface area (Å²) in [5.41, 5.74) is 0.331. The molecular formula is C14H23N3O3. The van der Waals surface area contributed by atoms with Gasteiger partial charge in [-0.2, -0.15) is 5.10 Å². The van der Waals surface area contributed by atoms with E-state index in [0.717, 1.165) is 19.3 Å². The van der Waals surface area contributed by atoms with E-state index in [0.29, 0.717) is 5.69 Å². The lowest BCUT2D eigenvalue weighted by Crippen LogP contribution is -2.32. The number of nitrogens with zero attached hydrogens (tertiary/aromatic N) is 2. The maximum atomic E-state index is 11.9. The minimum Gasteiger partial charge on any atom is -0.481 e. The molecule has 0 aromatic carbocycles. The fourth-order valence-corrected chi connectivity index (χ4v) is 1.89. The number of carboxylic acids is 1. The Morgan fingerprint density at radius 3 is 2.85 bits per heavy atom. The number of hydrogen-bond acceptors (Lipinski definition) is 3. The molecule has 0 aliphatic rings. The Hall–Kier alpha value is -1.85. The van der Waals surface area contributed by atoms with Gasteiger partial charge in [-0.3, -0.25) is 14.3 Å². The van der Waals surface area contributed by atoms with Crippen LogP contribution in [0.1, 0.15) is 56.4 Å². The molecular weight excluding hydrogens is 258 g/mol. The molecule has 2 N–H and O–H groups in total. The van der Waals surface area contributed by atoms with E-state index in [4.69, 9.17) is 5.11 Å². The summed E-state index contributed by atoms with van der Waals surface area (Å²) in [4.78, 5) is 22.4. The zero-order chi connectivity index (χ0) is 15.0. The van der Waals surface area contributed by atoms with Crippen LogP contribution in [0.3, 0.4) is 0 Å². The SMILES string of the molecule is CCCCCC(C)NC(=O)c1ccn(CCC(=O)O)n1. The summed E-state index contributed by atoms with van der Waals surface area (Å²) >= 11 is 0. The van der Waals surface area contributed by atoms with E-state index in [2.05, 4.69) is 17.3 Å². The molecule has 112 valence electrons. The number of aliphatic carboxylic acids is 1. The van der Waals surface area contributed by atoms with E-state index in [-0.39, 0.29) is 24.9 Å². The minimum absolute atomic E-state index is 0.00381. The molecule has 0 spiro atoms. The number of amides is 1. The monoisotopic (exact) mass is 281 g/mol. The summed E-state index contributed by atoms with van der Waals surface area (Å²) in [5, 5.41) is 15.6. The maximum absolute atomic E-state index is 11.9. The smallest absolute Gasteiger partial charge is 0.305 e. The van der Waals surface area contributed by atoms with Crippen molar-refractivity contribution in [2.45, 2.75) is 58.5 Å². The third-order valence-corrected chi connectivity index (χ3v) is 3.05. The van der Waals surface area contributed by atoms with Gasteiger partial charge >= 0.3 is 5.97 Å². The third kappa shape index (κ3) is 5.86. The Morgan fingerprint density at radius 2 is 2.20 bits per heavy atom. The number of carbonyl (C=O) groups excluding carboxylic acids is 1. The molecule has 1 rings (SSSR count). The molecule has 6 heteroatoms. The number of nitrogens with one attached hydrogen (secondary N) is 1. The normalized spacial score (nSPS) is 12.1. The highest BCUT2D eigenvalue weighted by Crippen LogP contribution is 2.04. The topological polar surface area (TPSA) is 84.2 Å². The van der Waals surface area contributed by atoms with Crippen LogP contribution >= 0.6 is 0 Å². The summed E-state index contributed by atoms with van der Waals surface area (Å²) in [6.45, 7) is 4.40. The third-order valence-electron chi connectivity index (χ3n) is 3.05. The summed E-state index contributed by atoms with van der Waals surface area (Å²) < 4.78 is 1.48. The number of rotatable bonds is 9. The minimum atomic E-state index is -0.879. The molecule has 0 aliphatic heterocycles. The van der Waals surface area contributed by atoms with Crippen LogP contribution in [0.2, 0.25) is 0 Å². The zero-order valence-electron chi connectivity index (χ0n) is 12.1. The fourth-order valence-electron chi connectivity index (χ4n) is 1.89. The number of aromatic nitrogens is 2. The average Bonchev–Trinajstić information content (AvgIpc) is 2.85. The highest BCUT2D eigenvalue weighted by Gasteiger charge is 2.12. The van der Waals surface area contributed by atoms with Crippen LogP contribution < -0.4 is 5.32 Å². The molecule has 6 nitrogen and oxygen atoms in total. The molecule has 1 atom stereocenters. The molecule has 1 heterocycles. The van der Waals surface area contributed by atoms with Crippen LogP contribution in [0.25, 0.3) is 0 Å². The fraction of sp³-hybridized carbons (Fsp3) is 0.643. The molecule has 1 aromatic heterocycles. The van der Waals surface area contributed by atoms with Gasteiger partial charge in [0.2, 0.25) is 0 Å². The number of carboxylic acid groups (broad SMARTS) is 1. The molecule has 0 fully saturated rings. The molecule has 1 aromatic rings. The number of aryl methyl sites for hydroxylation is 1. The van der Waals surface area contributed by atoms with Gasteiger partial charge in [-0.05, 0) is 19.4 Å². The van der Waals surface area contributed by atoms with E-state index >= 15 is 0 Å². The summed E-state index contributed by atoms with van der Waals surface area (Å²) in [6, 6.07) is 1.73. The van der Waals surface area contributed by atoms with E-state index in [1.54, 1.807) is 12.3 Å². The highest BCUT2D eigenvalue weighted by atomic mass is 16.4. The molecule has 0 saturated heterocycles. The molecule has 0 saturated carbocycles. The van der Waals surface area contributed by atoms with Crippen LogP contribution in [0.4, 0.5) is 0 Å². The van der Waals surface area contributed by atoms with Gasteiger partial charge in [-0.1, -0.05) is 26.2 Å². The van der Waals surface area contributed by atoms with Crippen LogP contribution in [0.15, 0.2) is 12.3 Å². The Balaban J connectivity index is 2.41. The highest BCUT2D eigenvalue weighted by molar-refractivity contribution is 5.92. The largest absolute Gasteiger partial charge is 0.481 e. The second-order valence-electron chi connectivity index (χ2n) is 4.98. The van der Waals surface area contributed by atoms with Gasteiger partial charge in [-0.25, -0.2) is 0 Å². The molecule has 0 aliphatic carbocycles. The Kier molecular flexibility index (Phi) is 6.76. The first-order valence-corrected chi connectivity index (χ1v) is 7.09. The van der Waals surface area contributed by atoms with Crippen molar-refractivity contribution in [1.82, 2.24) is 15.1 Å². The number of hydrogen-bond donors (Lipinski definition) is 2. The average molecular weight is 281 g/mol. The summed E-state index contributed by atoms with van der Waals surface area (Å²) in [7, 11) is 0. The van der Waals surface area contributed by atoms with Crippen LogP contribution in [-0.2, 0) is 11.3 Å². The van der Waals surface area contributed by atoms with Crippen molar-refractivity contribution in [3.8, 4) is 0 Å². The summed E-state index contributed by atoms with van der Waals surface area (Å²) in [5.74, 6) is -1.08. The lowest BCUT2D eigenvalue weighted by Gasteiger charge is -2.12. The molecule has 1 unspecified atom stereocenters. The van der Waals surface area contributed by atoms with Crippen LogP contribution in [0.5, 0.6) is 0 Å². The molecule has 1 amide bonds. The standard InChI is InChI=1S/C14H23N3O3/c1-3-4-5-6-11(2)15-14(20)12-7-9-17(16-12)10-8-13(18)19/h7,9,11H,3-6,8,10H2,1-2H3,(H,15,20)(H,18,19). The molecule has 0 bridgehead atoms. The van der Waals surface area contributed by atoms with Crippen molar-refractivity contribution in [2.24, 2.45) is 0 Å². The Bertz CT molecular complexity index is 443. The van der Waals surface area contributed by atoms with E-state index in [1.807, 2.05) is 6.92 Å². The van der Waals surface area contributed by atoms with Gasteiger partial charge in [0.1, 0.15) is 5.69 Å². The van der Waals surface area contributed by atoms with Gasteiger partial charge < -0.3 is 10.4 Å². The van der Waals surface area contributed by atoms with Crippen molar-refractivity contribution in [3.05, 3.63) is 18.0 Å². The van der Waals surface area contributed by atoms with Crippen LogP contribution in [-0.4, -0.2) is 32.8 Å². The van der Waals surface area contributed by atoms with Gasteiger partial charge in [-0.15, -0.1) is 0 Å². The molecule has 20 heavy (non-hydrogen) atoms. The lowest BCUT2D eigenvalue weighted by molar-refractivity contribution is -0.137. The van der Waals surface area contributed by atoms with Gasteiger partial charge in [0.15, 0.2) is 0 Å². The summed E-state index contributed by atoms with van der Waals surface area (Å²) in [6.07, 6.45) is 6.01.